The summed E-state index contributed by atoms with van der Waals surface area (Å²) in [5.74, 6) is 3.19. The van der Waals surface area contributed by atoms with Crippen molar-refractivity contribution in [3.05, 3.63) is 11.6 Å². The Bertz CT molecular complexity index is 386. The van der Waals surface area contributed by atoms with Gasteiger partial charge in [0.25, 0.3) is 0 Å². The lowest BCUT2D eigenvalue weighted by Crippen LogP contribution is -2.28. The summed E-state index contributed by atoms with van der Waals surface area (Å²) in [5.41, 5.74) is 0.419. The Balaban J connectivity index is 1.93. The Hall–Kier alpha value is -0.860. The monoisotopic (exact) mass is 219 g/mol. The van der Waals surface area contributed by atoms with Crippen LogP contribution in [0.25, 0.3) is 0 Å². The molecule has 3 heteroatoms. The number of rotatable bonds is 1. The molecule has 2 aliphatic rings. The van der Waals surface area contributed by atoms with Crippen LogP contribution in [0, 0.1) is 5.41 Å². The molecular formula is C13H21N3. The molecule has 1 fully saturated rings. The maximum atomic E-state index is 4.46. The van der Waals surface area contributed by atoms with Gasteiger partial charge in [0, 0.05) is 18.9 Å². The van der Waals surface area contributed by atoms with Crippen LogP contribution in [0.15, 0.2) is 0 Å². The van der Waals surface area contributed by atoms with Crippen LogP contribution in [0.3, 0.4) is 0 Å². The Labute approximate surface area is 97.3 Å². The van der Waals surface area contributed by atoms with Gasteiger partial charge in [0.2, 0.25) is 0 Å². The van der Waals surface area contributed by atoms with Gasteiger partial charge in [0.1, 0.15) is 11.6 Å². The molecule has 0 unspecified atom stereocenters. The predicted octanol–water partition coefficient (Wildman–Crippen LogP) is 2.91. The van der Waals surface area contributed by atoms with E-state index in [1.54, 1.807) is 0 Å². The Kier molecular flexibility index (Phi) is 2.30. The van der Waals surface area contributed by atoms with Crippen molar-refractivity contribution in [1.29, 1.82) is 0 Å². The molecule has 3 nitrogen and oxygen atoms in total. The van der Waals surface area contributed by atoms with Crippen LogP contribution in [-0.4, -0.2) is 14.8 Å². The molecule has 88 valence electrons. The van der Waals surface area contributed by atoms with Gasteiger partial charge >= 0.3 is 0 Å². The zero-order valence-electron chi connectivity index (χ0n) is 10.4. The number of nitrogens with zero attached hydrogens (tertiary/aromatic N) is 3. The number of aromatic nitrogens is 3. The molecule has 0 radical (unpaired) electrons. The summed E-state index contributed by atoms with van der Waals surface area (Å²) in [6.07, 6.45) is 7.73. The SMILES string of the molecule is CC1(C)CCc2nnc(C3CCCC3)n2C1. The fourth-order valence-corrected chi connectivity index (χ4v) is 3.15. The summed E-state index contributed by atoms with van der Waals surface area (Å²) in [6, 6.07) is 0. The van der Waals surface area contributed by atoms with E-state index in [1.165, 1.54) is 43.8 Å². The molecule has 1 aliphatic carbocycles. The lowest BCUT2D eigenvalue weighted by Gasteiger charge is -2.31. The molecule has 2 heterocycles. The highest BCUT2D eigenvalue weighted by Crippen LogP contribution is 2.37. The second-order valence-electron chi connectivity index (χ2n) is 6.21. The van der Waals surface area contributed by atoms with Gasteiger partial charge in [-0.1, -0.05) is 26.7 Å². The number of hydrogen-bond acceptors (Lipinski definition) is 2. The molecule has 1 aromatic heterocycles. The minimum Gasteiger partial charge on any atom is -0.314 e. The number of hydrogen-bond donors (Lipinski definition) is 0. The topological polar surface area (TPSA) is 30.7 Å². The number of fused-ring (bicyclic) bond motifs is 1. The Morgan fingerprint density at radius 2 is 1.94 bits per heavy atom. The third kappa shape index (κ3) is 1.66. The lowest BCUT2D eigenvalue weighted by molar-refractivity contribution is 0.241. The highest BCUT2D eigenvalue weighted by Gasteiger charge is 2.31. The maximum Gasteiger partial charge on any atom is 0.136 e. The first-order valence-electron chi connectivity index (χ1n) is 6.58. The van der Waals surface area contributed by atoms with E-state index < -0.39 is 0 Å². The second kappa shape index (κ2) is 3.57. The molecule has 16 heavy (non-hydrogen) atoms. The van der Waals surface area contributed by atoms with Crippen molar-refractivity contribution in [2.45, 2.75) is 64.8 Å². The third-order valence-electron chi connectivity index (χ3n) is 4.19. The van der Waals surface area contributed by atoms with Crippen LogP contribution in [0.1, 0.15) is 63.5 Å². The molecule has 0 N–H and O–H groups in total. The van der Waals surface area contributed by atoms with Gasteiger partial charge in [-0.15, -0.1) is 10.2 Å². The first-order valence-corrected chi connectivity index (χ1v) is 6.58. The van der Waals surface area contributed by atoms with Crippen LogP contribution >= 0.6 is 0 Å². The summed E-state index contributed by atoms with van der Waals surface area (Å²) >= 11 is 0. The van der Waals surface area contributed by atoms with Gasteiger partial charge < -0.3 is 4.57 Å². The van der Waals surface area contributed by atoms with Crippen LogP contribution in [0.5, 0.6) is 0 Å². The molecule has 1 aromatic rings. The molecule has 1 aliphatic heterocycles. The average molecular weight is 219 g/mol. The molecule has 0 atom stereocenters. The fourth-order valence-electron chi connectivity index (χ4n) is 3.15. The Morgan fingerprint density at radius 1 is 1.19 bits per heavy atom. The van der Waals surface area contributed by atoms with Crippen molar-refractivity contribution >= 4 is 0 Å². The second-order valence-corrected chi connectivity index (χ2v) is 6.21. The minimum atomic E-state index is 0.419. The summed E-state index contributed by atoms with van der Waals surface area (Å²) in [5, 5.41) is 8.84. The van der Waals surface area contributed by atoms with Gasteiger partial charge in [-0.05, 0) is 24.7 Å². The zero-order valence-corrected chi connectivity index (χ0v) is 10.4. The van der Waals surface area contributed by atoms with Crippen LogP contribution in [-0.2, 0) is 13.0 Å². The van der Waals surface area contributed by atoms with Crippen molar-refractivity contribution < 1.29 is 0 Å². The molecule has 0 spiro atoms. The van der Waals surface area contributed by atoms with E-state index in [-0.39, 0.29) is 0 Å². The lowest BCUT2D eigenvalue weighted by atomic mass is 9.85. The van der Waals surface area contributed by atoms with E-state index in [9.17, 15) is 0 Å². The van der Waals surface area contributed by atoms with Crippen LogP contribution < -0.4 is 0 Å². The minimum absolute atomic E-state index is 0.419. The molecule has 0 bridgehead atoms. The Morgan fingerprint density at radius 3 is 2.69 bits per heavy atom. The van der Waals surface area contributed by atoms with E-state index in [2.05, 4.69) is 28.6 Å². The number of aryl methyl sites for hydroxylation is 1. The summed E-state index contributed by atoms with van der Waals surface area (Å²) in [6.45, 7) is 5.82. The fraction of sp³-hybridized carbons (Fsp3) is 0.846. The van der Waals surface area contributed by atoms with E-state index in [0.29, 0.717) is 11.3 Å². The summed E-state index contributed by atoms with van der Waals surface area (Å²) < 4.78 is 2.42. The van der Waals surface area contributed by atoms with E-state index >= 15 is 0 Å². The zero-order chi connectivity index (χ0) is 11.2. The largest absolute Gasteiger partial charge is 0.314 e. The van der Waals surface area contributed by atoms with Crippen LogP contribution in [0.2, 0.25) is 0 Å². The normalized spacial score (nSPS) is 24.6. The third-order valence-corrected chi connectivity index (χ3v) is 4.19. The highest BCUT2D eigenvalue weighted by atomic mass is 15.3. The van der Waals surface area contributed by atoms with E-state index in [4.69, 9.17) is 0 Å². The van der Waals surface area contributed by atoms with Crippen molar-refractivity contribution in [2.75, 3.05) is 0 Å². The van der Waals surface area contributed by atoms with Gasteiger partial charge in [0.05, 0.1) is 0 Å². The van der Waals surface area contributed by atoms with E-state index in [1.807, 2.05) is 0 Å². The van der Waals surface area contributed by atoms with Crippen molar-refractivity contribution in [2.24, 2.45) is 5.41 Å². The van der Waals surface area contributed by atoms with Gasteiger partial charge in [-0.3, -0.25) is 0 Å². The van der Waals surface area contributed by atoms with Crippen LogP contribution in [0.4, 0.5) is 0 Å². The molecule has 1 saturated carbocycles. The van der Waals surface area contributed by atoms with E-state index in [0.717, 1.165) is 13.0 Å². The van der Waals surface area contributed by atoms with Gasteiger partial charge in [-0.25, -0.2) is 0 Å². The quantitative estimate of drug-likeness (QED) is 0.727. The first kappa shape index (κ1) is 10.3. The van der Waals surface area contributed by atoms with Gasteiger partial charge in [0.15, 0.2) is 0 Å². The predicted molar refractivity (Wildman–Crippen MR) is 63.3 cm³/mol. The smallest absolute Gasteiger partial charge is 0.136 e. The summed E-state index contributed by atoms with van der Waals surface area (Å²) in [4.78, 5) is 0. The molecular weight excluding hydrogens is 198 g/mol. The molecule has 3 rings (SSSR count). The van der Waals surface area contributed by atoms with Gasteiger partial charge in [-0.2, -0.15) is 0 Å². The first-order chi connectivity index (χ1) is 7.66. The summed E-state index contributed by atoms with van der Waals surface area (Å²) in [7, 11) is 0. The van der Waals surface area contributed by atoms with Crippen molar-refractivity contribution in [3.63, 3.8) is 0 Å². The molecule has 0 amide bonds. The molecule has 0 aromatic carbocycles. The molecule has 0 saturated heterocycles. The highest BCUT2D eigenvalue weighted by molar-refractivity contribution is 5.07. The standard InChI is InChI=1S/C13H21N3/c1-13(2)8-7-11-14-15-12(16(11)9-13)10-5-3-4-6-10/h10H,3-9H2,1-2H3. The van der Waals surface area contributed by atoms with Crippen molar-refractivity contribution in [3.8, 4) is 0 Å². The van der Waals surface area contributed by atoms with Crippen molar-refractivity contribution in [1.82, 2.24) is 14.8 Å². The average Bonchev–Trinajstić information content (AvgIpc) is 2.82. The maximum absolute atomic E-state index is 4.46.